The molecule has 1 aromatic rings. The number of thioether (sulfide) groups is 1. The highest BCUT2D eigenvalue weighted by molar-refractivity contribution is 7.99. The Bertz CT molecular complexity index is 396. The Kier molecular flexibility index (Phi) is 4.14. The van der Waals surface area contributed by atoms with E-state index in [1.165, 1.54) is 24.0 Å². The summed E-state index contributed by atoms with van der Waals surface area (Å²) in [6, 6.07) is 1.42. The fraction of sp³-hybridized carbons (Fsp3) is 0.400. The number of carbonyl (C=O) groups is 1. The van der Waals surface area contributed by atoms with Crippen molar-refractivity contribution < 1.29 is 15.0 Å². The highest BCUT2D eigenvalue weighted by atomic mass is 32.2. The van der Waals surface area contributed by atoms with Crippen molar-refractivity contribution in [3.05, 3.63) is 17.8 Å². The second-order valence-corrected chi connectivity index (χ2v) is 4.88. The number of anilines is 1. The van der Waals surface area contributed by atoms with E-state index >= 15 is 0 Å². The molecule has 0 radical (unpaired) electrons. The van der Waals surface area contributed by atoms with Gasteiger partial charge in [0.25, 0.3) is 0 Å². The molecule has 0 fully saturated rings. The number of pyridine rings is 1. The zero-order valence-corrected chi connectivity index (χ0v) is 9.86. The van der Waals surface area contributed by atoms with Gasteiger partial charge in [-0.3, -0.25) is 0 Å². The van der Waals surface area contributed by atoms with Gasteiger partial charge in [0.05, 0.1) is 28.6 Å². The number of aromatic nitrogens is 1. The lowest BCUT2D eigenvalue weighted by molar-refractivity contribution is 0.0697. The van der Waals surface area contributed by atoms with Crippen LogP contribution in [-0.4, -0.2) is 32.5 Å². The van der Waals surface area contributed by atoms with Gasteiger partial charge in [-0.25, -0.2) is 9.78 Å². The molecule has 2 atom stereocenters. The first-order valence-corrected chi connectivity index (χ1v) is 5.63. The van der Waals surface area contributed by atoms with Crippen LogP contribution in [0.2, 0.25) is 0 Å². The average Bonchev–Trinajstić information content (AvgIpc) is 2.20. The van der Waals surface area contributed by atoms with Crippen LogP contribution >= 0.6 is 11.8 Å². The van der Waals surface area contributed by atoms with Crippen LogP contribution in [0.1, 0.15) is 24.2 Å². The largest absolute Gasteiger partial charge is 0.478 e. The average molecular weight is 242 g/mol. The van der Waals surface area contributed by atoms with Crippen molar-refractivity contribution in [3.63, 3.8) is 0 Å². The Hall–Kier alpha value is -1.27. The van der Waals surface area contributed by atoms with Crippen LogP contribution in [-0.2, 0) is 0 Å². The fourth-order valence-electron chi connectivity index (χ4n) is 0.985. The molecular formula is C10H14N2O3S. The molecule has 88 valence electrons. The Labute approximate surface area is 97.7 Å². The van der Waals surface area contributed by atoms with Gasteiger partial charge in [-0.05, 0) is 13.0 Å². The Morgan fingerprint density at radius 3 is 2.69 bits per heavy atom. The summed E-state index contributed by atoms with van der Waals surface area (Å²) in [7, 11) is 0. The van der Waals surface area contributed by atoms with Crippen LogP contribution < -0.4 is 5.73 Å². The number of nitrogens with zero attached hydrogens (tertiary/aromatic N) is 1. The third-order valence-corrected chi connectivity index (χ3v) is 3.36. The van der Waals surface area contributed by atoms with E-state index in [1.807, 2.05) is 6.92 Å². The Morgan fingerprint density at radius 2 is 2.19 bits per heavy atom. The minimum Gasteiger partial charge on any atom is -0.478 e. The van der Waals surface area contributed by atoms with Gasteiger partial charge < -0.3 is 15.9 Å². The fourth-order valence-corrected chi connectivity index (χ4v) is 1.86. The maximum Gasteiger partial charge on any atom is 0.337 e. The zero-order valence-electron chi connectivity index (χ0n) is 9.04. The van der Waals surface area contributed by atoms with Gasteiger partial charge >= 0.3 is 5.97 Å². The van der Waals surface area contributed by atoms with Crippen LogP contribution in [0.3, 0.4) is 0 Å². The molecule has 0 spiro atoms. The van der Waals surface area contributed by atoms with Gasteiger partial charge in [0.2, 0.25) is 0 Å². The van der Waals surface area contributed by atoms with Gasteiger partial charge in [0.15, 0.2) is 0 Å². The van der Waals surface area contributed by atoms with Crippen molar-refractivity contribution in [2.24, 2.45) is 0 Å². The molecule has 2 unspecified atom stereocenters. The first-order valence-electron chi connectivity index (χ1n) is 4.75. The van der Waals surface area contributed by atoms with Gasteiger partial charge in [0.1, 0.15) is 0 Å². The monoisotopic (exact) mass is 242 g/mol. The molecule has 5 nitrogen and oxygen atoms in total. The number of aromatic carboxylic acids is 1. The Morgan fingerprint density at radius 1 is 1.56 bits per heavy atom. The summed E-state index contributed by atoms with van der Waals surface area (Å²) in [5, 5.41) is 18.7. The third-order valence-electron chi connectivity index (χ3n) is 2.13. The predicted molar refractivity (Wildman–Crippen MR) is 62.6 cm³/mol. The number of carboxylic acids is 1. The number of hydrogen-bond donors (Lipinski definition) is 3. The quantitative estimate of drug-likeness (QED) is 0.687. The zero-order chi connectivity index (χ0) is 12.3. The molecule has 1 heterocycles. The molecule has 6 heteroatoms. The summed E-state index contributed by atoms with van der Waals surface area (Å²) in [6.07, 6.45) is 0.832. The summed E-state index contributed by atoms with van der Waals surface area (Å²) >= 11 is 1.31. The highest BCUT2D eigenvalue weighted by Crippen LogP contribution is 2.25. The molecule has 1 aromatic heterocycles. The summed E-state index contributed by atoms with van der Waals surface area (Å²) in [6.45, 7) is 3.51. The second-order valence-electron chi connectivity index (χ2n) is 3.48. The predicted octanol–water partition coefficient (Wildman–Crippen LogP) is 1.22. The molecule has 0 bridgehead atoms. The number of hydrogen-bond acceptors (Lipinski definition) is 5. The van der Waals surface area contributed by atoms with Gasteiger partial charge in [-0.15, -0.1) is 11.8 Å². The van der Waals surface area contributed by atoms with E-state index in [-0.39, 0.29) is 16.5 Å². The molecule has 0 aliphatic heterocycles. The molecule has 0 aliphatic rings. The molecule has 0 amide bonds. The van der Waals surface area contributed by atoms with Crippen LogP contribution in [0, 0.1) is 0 Å². The van der Waals surface area contributed by atoms with Crippen LogP contribution in [0.4, 0.5) is 5.69 Å². The lowest BCUT2D eigenvalue weighted by Crippen LogP contribution is -2.15. The van der Waals surface area contributed by atoms with E-state index in [0.717, 1.165) is 0 Å². The van der Waals surface area contributed by atoms with Crippen molar-refractivity contribution in [3.8, 4) is 0 Å². The van der Waals surface area contributed by atoms with E-state index in [1.54, 1.807) is 6.92 Å². The number of carboxylic acid groups (broad SMARTS) is 1. The number of aliphatic hydroxyl groups is 1. The summed E-state index contributed by atoms with van der Waals surface area (Å²) in [5.41, 5.74) is 5.66. The van der Waals surface area contributed by atoms with Crippen LogP contribution in [0.5, 0.6) is 0 Å². The van der Waals surface area contributed by atoms with Crippen LogP contribution in [0.25, 0.3) is 0 Å². The standard InChI is InChI=1S/C10H14N2O3S/c1-5(13)6(2)16-9-3-7(10(14)15)8(11)4-12-9/h3-6,13H,11H2,1-2H3,(H,14,15). The maximum atomic E-state index is 10.8. The SMILES string of the molecule is CC(O)C(C)Sc1cc(C(=O)O)c(N)cn1. The minimum atomic E-state index is -1.08. The summed E-state index contributed by atoms with van der Waals surface area (Å²) in [5.74, 6) is -1.08. The van der Waals surface area contributed by atoms with Crippen molar-refractivity contribution >= 4 is 23.4 Å². The van der Waals surface area contributed by atoms with Gasteiger partial charge in [-0.2, -0.15) is 0 Å². The van der Waals surface area contributed by atoms with Crippen molar-refractivity contribution in [1.29, 1.82) is 0 Å². The van der Waals surface area contributed by atoms with E-state index < -0.39 is 12.1 Å². The third kappa shape index (κ3) is 3.11. The van der Waals surface area contributed by atoms with Crippen LogP contribution in [0.15, 0.2) is 17.3 Å². The normalized spacial score (nSPS) is 14.4. The second kappa shape index (κ2) is 5.18. The number of nitrogen functional groups attached to an aromatic ring is 1. The van der Waals surface area contributed by atoms with E-state index in [0.29, 0.717) is 5.03 Å². The first kappa shape index (κ1) is 12.8. The smallest absolute Gasteiger partial charge is 0.337 e. The summed E-state index contributed by atoms with van der Waals surface area (Å²) in [4.78, 5) is 14.8. The molecule has 0 saturated carbocycles. The summed E-state index contributed by atoms with van der Waals surface area (Å²) < 4.78 is 0. The van der Waals surface area contributed by atoms with E-state index in [9.17, 15) is 9.90 Å². The van der Waals surface area contributed by atoms with Crippen molar-refractivity contribution in [1.82, 2.24) is 4.98 Å². The number of rotatable bonds is 4. The first-order chi connectivity index (χ1) is 7.41. The topological polar surface area (TPSA) is 96.4 Å². The van der Waals surface area contributed by atoms with E-state index in [2.05, 4.69) is 4.98 Å². The maximum absolute atomic E-state index is 10.8. The molecule has 4 N–H and O–H groups in total. The lowest BCUT2D eigenvalue weighted by Gasteiger charge is -2.13. The van der Waals surface area contributed by atoms with E-state index in [4.69, 9.17) is 10.8 Å². The minimum absolute atomic E-state index is 0.0373. The molecule has 0 aromatic carbocycles. The lowest BCUT2D eigenvalue weighted by atomic mass is 10.2. The molecule has 0 aliphatic carbocycles. The van der Waals surface area contributed by atoms with Gasteiger partial charge in [-0.1, -0.05) is 6.92 Å². The molecule has 0 saturated heterocycles. The van der Waals surface area contributed by atoms with Crippen molar-refractivity contribution in [2.45, 2.75) is 30.2 Å². The Balaban J connectivity index is 2.91. The number of nitrogens with two attached hydrogens (primary N) is 1. The number of aliphatic hydroxyl groups excluding tert-OH is 1. The molecule has 1 rings (SSSR count). The van der Waals surface area contributed by atoms with Crippen molar-refractivity contribution in [2.75, 3.05) is 5.73 Å². The molecular weight excluding hydrogens is 228 g/mol. The molecule has 16 heavy (non-hydrogen) atoms. The highest BCUT2D eigenvalue weighted by Gasteiger charge is 2.14. The van der Waals surface area contributed by atoms with Gasteiger partial charge in [0, 0.05) is 5.25 Å².